The van der Waals surface area contributed by atoms with E-state index in [4.69, 9.17) is 5.73 Å². The lowest BCUT2D eigenvalue weighted by molar-refractivity contribution is 0.628. The van der Waals surface area contributed by atoms with E-state index in [0.717, 1.165) is 0 Å². The van der Waals surface area contributed by atoms with E-state index in [1.54, 1.807) is 10.6 Å². The number of hydrogen-bond donors (Lipinski definition) is 1. The molecule has 0 unspecified atom stereocenters. The topological polar surface area (TPSA) is 56.7 Å². The van der Waals surface area contributed by atoms with Crippen LogP contribution in [0.5, 0.6) is 0 Å². The van der Waals surface area contributed by atoms with Crippen LogP contribution in [0.3, 0.4) is 0 Å². The third kappa shape index (κ3) is 1.35. The van der Waals surface area contributed by atoms with E-state index in [0.29, 0.717) is 11.4 Å². The monoisotopic (exact) mass is 178 g/mol. The molecule has 0 aliphatic carbocycles. The molecule has 0 bridgehead atoms. The molecule has 2 rings (SSSR count). The predicted octanol–water partition coefficient (Wildman–Crippen LogP) is 0.989. The fourth-order valence-corrected chi connectivity index (χ4v) is 1.09. The molecule has 0 aliphatic rings. The van der Waals surface area contributed by atoms with Gasteiger partial charge in [0.1, 0.15) is 18.5 Å². The lowest BCUT2D eigenvalue weighted by Gasteiger charge is -2.04. The van der Waals surface area contributed by atoms with E-state index >= 15 is 0 Å². The third-order valence-electron chi connectivity index (χ3n) is 1.69. The number of anilines is 1. The number of halogens is 1. The first-order chi connectivity index (χ1) is 6.27. The Labute approximate surface area is 73.8 Å². The van der Waals surface area contributed by atoms with Crippen LogP contribution in [0.1, 0.15) is 0 Å². The summed E-state index contributed by atoms with van der Waals surface area (Å²) in [5, 5.41) is 7.25. The lowest BCUT2D eigenvalue weighted by atomic mass is 10.2. The Hall–Kier alpha value is -1.91. The minimum absolute atomic E-state index is 0.352. The number of aromatic nitrogens is 3. The number of rotatable bonds is 1. The van der Waals surface area contributed by atoms with Crippen LogP contribution in [0.2, 0.25) is 0 Å². The van der Waals surface area contributed by atoms with E-state index in [9.17, 15) is 4.39 Å². The zero-order valence-electron chi connectivity index (χ0n) is 6.68. The van der Waals surface area contributed by atoms with Crippen LogP contribution >= 0.6 is 0 Å². The summed E-state index contributed by atoms with van der Waals surface area (Å²) in [5.74, 6) is -0.352. The van der Waals surface area contributed by atoms with Gasteiger partial charge in [0.2, 0.25) is 0 Å². The van der Waals surface area contributed by atoms with Gasteiger partial charge in [0.05, 0.1) is 11.4 Å². The van der Waals surface area contributed by atoms with Crippen LogP contribution in [0.4, 0.5) is 10.1 Å². The van der Waals surface area contributed by atoms with E-state index in [1.165, 1.54) is 24.8 Å². The lowest BCUT2D eigenvalue weighted by Crippen LogP contribution is -1.97. The molecule has 5 heteroatoms. The molecule has 0 aliphatic heterocycles. The van der Waals surface area contributed by atoms with Crippen LogP contribution in [0, 0.1) is 5.82 Å². The van der Waals surface area contributed by atoms with Crippen LogP contribution in [-0.2, 0) is 0 Å². The van der Waals surface area contributed by atoms with Gasteiger partial charge in [-0.05, 0) is 18.2 Å². The second-order valence-corrected chi connectivity index (χ2v) is 2.57. The van der Waals surface area contributed by atoms with Gasteiger partial charge >= 0.3 is 0 Å². The fourth-order valence-electron chi connectivity index (χ4n) is 1.09. The average Bonchev–Trinajstić information content (AvgIpc) is 2.56. The highest BCUT2D eigenvalue weighted by molar-refractivity contribution is 5.57. The third-order valence-corrected chi connectivity index (χ3v) is 1.69. The van der Waals surface area contributed by atoms with Crippen molar-refractivity contribution in [2.45, 2.75) is 0 Å². The van der Waals surface area contributed by atoms with Crippen molar-refractivity contribution in [2.75, 3.05) is 5.73 Å². The average molecular weight is 178 g/mol. The first-order valence-corrected chi connectivity index (χ1v) is 3.67. The highest BCUT2D eigenvalue weighted by Crippen LogP contribution is 2.16. The van der Waals surface area contributed by atoms with Gasteiger partial charge in [0.25, 0.3) is 0 Å². The van der Waals surface area contributed by atoms with Gasteiger partial charge in [0.15, 0.2) is 0 Å². The highest BCUT2D eigenvalue weighted by Gasteiger charge is 2.01. The summed E-state index contributed by atoms with van der Waals surface area (Å²) in [4.78, 5) is 0. The van der Waals surface area contributed by atoms with Crippen LogP contribution in [0.15, 0.2) is 30.9 Å². The Balaban J connectivity index is 2.53. The van der Waals surface area contributed by atoms with Gasteiger partial charge in [-0.3, -0.25) is 4.57 Å². The first kappa shape index (κ1) is 7.72. The van der Waals surface area contributed by atoms with Gasteiger partial charge in [-0.2, -0.15) is 0 Å². The molecule has 0 fully saturated rings. The zero-order valence-corrected chi connectivity index (χ0v) is 6.68. The fraction of sp³-hybridized carbons (Fsp3) is 0. The summed E-state index contributed by atoms with van der Waals surface area (Å²) in [7, 11) is 0. The predicted molar refractivity (Wildman–Crippen MR) is 45.7 cm³/mol. The Morgan fingerprint density at radius 2 is 1.92 bits per heavy atom. The first-order valence-electron chi connectivity index (χ1n) is 3.67. The van der Waals surface area contributed by atoms with E-state index in [2.05, 4.69) is 10.2 Å². The van der Waals surface area contributed by atoms with Crippen LogP contribution < -0.4 is 5.73 Å². The molecule has 13 heavy (non-hydrogen) atoms. The van der Waals surface area contributed by atoms with Crippen molar-refractivity contribution in [3.8, 4) is 5.69 Å². The Bertz CT molecular complexity index is 410. The summed E-state index contributed by atoms with van der Waals surface area (Å²) in [6.45, 7) is 0. The van der Waals surface area contributed by atoms with Gasteiger partial charge in [-0.15, -0.1) is 10.2 Å². The molecule has 0 radical (unpaired) electrons. The summed E-state index contributed by atoms with van der Waals surface area (Å²) in [6, 6.07) is 4.18. The molecule has 0 spiro atoms. The zero-order chi connectivity index (χ0) is 9.26. The van der Waals surface area contributed by atoms with Gasteiger partial charge in [0, 0.05) is 0 Å². The SMILES string of the molecule is Nc1cc(F)ccc1-n1cnnc1. The summed E-state index contributed by atoms with van der Waals surface area (Å²) < 4.78 is 14.3. The smallest absolute Gasteiger partial charge is 0.125 e. The molecule has 0 amide bonds. The molecule has 1 heterocycles. The van der Waals surface area contributed by atoms with E-state index < -0.39 is 0 Å². The normalized spacial score (nSPS) is 10.2. The summed E-state index contributed by atoms with van der Waals surface area (Å²) >= 11 is 0. The maximum absolute atomic E-state index is 12.7. The Morgan fingerprint density at radius 1 is 1.23 bits per heavy atom. The quantitative estimate of drug-likeness (QED) is 0.662. The van der Waals surface area contributed by atoms with Crippen LogP contribution in [0.25, 0.3) is 5.69 Å². The molecular weight excluding hydrogens is 171 g/mol. The van der Waals surface area contributed by atoms with Gasteiger partial charge in [-0.1, -0.05) is 0 Å². The van der Waals surface area contributed by atoms with Crippen molar-refractivity contribution in [3.63, 3.8) is 0 Å². The van der Waals surface area contributed by atoms with Crippen molar-refractivity contribution in [1.82, 2.24) is 14.8 Å². The molecule has 0 atom stereocenters. The Kier molecular flexibility index (Phi) is 1.70. The van der Waals surface area contributed by atoms with Crippen molar-refractivity contribution in [3.05, 3.63) is 36.7 Å². The molecule has 2 aromatic rings. The molecule has 2 N–H and O–H groups in total. The molecular formula is C8H7FN4. The number of hydrogen-bond acceptors (Lipinski definition) is 3. The number of nitrogens with two attached hydrogens (primary N) is 1. The maximum atomic E-state index is 12.7. The van der Waals surface area contributed by atoms with Crippen molar-refractivity contribution < 1.29 is 4.39 Å². The van der Waals surface area contributed by atoms with Gasteiger partial charge in [-0.25, -0.2) is 4.39 Å². The second kappa shape index (κ2) is 2.85. The maximum Gasteiger partial charge on any atom is 0.125 e. The molecule has 0 saturated carbocycles. The standard InChI is InChI=1S/C8H7FN4/c9-6-1-2-8(7(10)3-6)13-4-11-12-5-13/h1-5H,10H2. The number of benzene rings is 1. The van der Waals surface area contributed by atoms with Gasteiger partial charge < -0.3 is 5.73 Å². The van der Waals surface area contributed by atoms with Crippen molar-refractivity contribution in [1.29, 1.82) is 0 Å². The second-order valence-electron chi connectivity index (χ2n) is 2.57. The minimum atomic E-state index is -0.352. The van der Waals surface area contributed by atoms with Crippen molar-refractivity contribution >= 4 is 5.69 Å². The summed E-state index contributed by atoms with van der Waals surface area (Å²) in [5.41, 5.74) is 6.63. The van der Waals surface area contributed by atoms with Crippen LogP contribution in [-0.4, -0.2) is 14.8 Å². The molecule has 1 aromatic carbocycles. The summed E-state index contributed by atoms with van der Waals surface area (Å²) in [6.07, 6.45) is 3.01. The number of nitrogens with zero attached hydrogens (tertiary/aromatic N) is 3. The Morgan fingerprint density at radius 3 is 2.54 bits per heavy atom. The van der Waals surface area contributed by atoms with Crippen molar-refractivity contribution in [2.24, 2.45) is 0 Å². The molecule has 66 valence electrons. The van der Waals surface area contributed by atoms with E-state index in [1.807, 2.05) is 0 Å². The highest BCUT2D eigenvalue weighted by atomic mass is 19.1. The molecule has 0 saturated heterocycles. The molecule has 4 nitrogen and oxygen atoms in total. The minimum Gasteiger partial charge on any atom is -0.397 e. The molecule has 1 aromatic heterocycles. The largest absolute Gasteiger partial charge is 0.397 e. The number of nitrogen functional groups attached to an aromatic ring is 1. The van der Waals surface area contributed by atoms with E-state index in [-0.39, 0.29) is 5.82 Å².